The third kappa shape index (κ3) is 2.66. The standard InChI is InChI=1S/C12H18O5/c1-5-16-12(7-6-10(13)15-4)9(3)8(2)11(14)17-12/h5-7H2,1-4H3. The van der Waals surface area contributed by atoms with Crippen LogP contribution in [0.25, 0.3) is 0 Å². The number of ether oxygens (including phenoxy) is 3. The zero-order chi connectivity index (χ0) is 13.1. The number of carbonyl (C=O) groups is 2. The van der Waals surface area contributed by atoms with Gasteiger partial charge in [-0.05, 0) is 20.8 Å². The second-order valence-electron chi connectivity index (χ2n) is 3.90. The van der Waals surface area contributed by atoms with E-state index in [-0.39, 0.29) is 24.8 Å². The molecule has 1 heterocycles. The van der Waals surface area contributed by atoms with Crippen LogP contribution in [-0.4, -0.2) is 31.4 Å². The van der Waals surface area contributed by atoms with Crippen LogP contribution in [0.15, 0.2) is 11.1 Å². The molecule has 0 aromatic carbocycles. The number of rotatable bonds is 5. The van der Waals surface area contributed by atoms with Crippen LogP contribution in [0.2, 0.25) is 0 Å². The van der Waals surface area contributed by atoms with E-state index in [9.17, 15) is 9.59 Å². The zero-order valence-corrected chi connectivity index (χ0v) is 10.7. The highest BCUT2D eigenvalue weighted by molar-refractivity contribution is 5.92. The molecular weight excluding hydrogens is 224 g/mol. The minimum Gasteiger partial charge on any atom is -0.469 e. The lowest BCUT2D eigenvalue weighted by molar-refractivity contribution is -0.204. The minimum atomic E-state index is -1.09. The van der Waals surface area contributed by atoms with E-state index in [1.165, 1.54) is 7.11 Å². The molecule has 0 aliphatic carbocycles. The molecule has 0 saturated heterocycles. The van der Waals surface area contributed by atoms with Crippen molar-refractivity contribution in [3.05, 3.63) is 11.1 Å². The Hall–Kier alpha value is -1.36. The van der Waals surface area contributed by atoms with Gasteiger partial charge in [0.1, 0.15) is 0 Å². The molecule has 0 bridgehead atoms. The monoisotopic (exact) mass is 242 g/mol. The molecule has 0 spiro atoms. The molecule has 5 nitrogen and oxygen atoms in total. The van der Waals surface area contributed by atoms with Crippen molar-refractivity contribution in [3.8, 4) is 0 Å². The van der Waals surface area contributed by atoms with Gasteiger partial charge < -0.3 is 14.2 Å². The Balaban J connectivity index is 2.85. The summed E-state index contributed by atoms with van der Waals surface area (Å²) >= 11 is 0. The molecule has 0 radical (unpaired) electrons. The maximum absolute atomic E-state index is 11.5. The van der Waals surface area contributed by atoms with Gasteiger partial charge in [0.2, 0.25) is 5.79 Å². The van der Waals surface area contributed by atoms with Crippen molar-refractivity contribution < 1.29 is 23.8 Å². The number of hydrogen-bond acceptors (Lipinski definition) is 5. The number of cyclic esters (lactones) is 1. The number of carbonyl (C=O) groups excluding carboxylic acids is 2. The fourth-order valence-corrected chi connectivity index (χ4v) is 1.79. The summed E-state index contributed by atoms with van der Waals surface area (Å²) in [6, 6.07) is 0. The van der Waals surface area contributed by atoms with Gasteiger partial charge in [-0.25, -0.2) is 4.79 Å². The van der Waals surface area contributed by atoms with Crippen molar-refractivity contribution in [2.24, 2.45) is 0 Å². The highest BCUT2D eigenvalue weighted by Gasteiger charge is 2.45. The molecule has 5 heteroatoms. The van der Waals surface area contributed by atoms with Gasteiger partial charge in [-0.3, -0.25) is 4.79 Å². The van der Waals surface area contributed by atoms with Gasteiger partial charge in [-0.2, -0.15) is 0 Å². The molecule has 0 saturated carbocycles. The predicted octanol–water partition coefficient (Wildman–Crippen LogP) is 1.57. The summed E-state index contributed by atoms with van der Waals surface area (Å²) in [4.78, 5) is 22.7. The van der Waals surface area contributed by atoms with Crippen molar-refractivity contribution in [1.82, 2.24) is 0 Å². The first kappa shape index (κ1) is 13.7. The van der Waals surface area contributed by atoms with E-state index in [4.69, 9.17) is 9.47 Å². The van der Waals surface area contributed by atoms with Crippen LogP contribution in [-0.2, 0) is 23.8 Å². The van der Waals surface area contributed by atoms with Gasteiger partial charge in [-0.1, -0.05) is 0 Å². The Morgan fingerprint density at radius 2 is 2.06 bits per heavy atom. The lowest BCUT2D eigenvalue weighted by atomic mass is 10.00. The molecule has 1 aliphatic heterocycles. The molecular formula is C12H18O5. The predicted molar refractivity (Wildman–Crippen MR) is 60.1 cm³/mol. The molecule has 0 amide bonds. The summed E-state index contributed by atoms with van der Waals surface area (Å²) in [6.45, 7) is 5.69. The first-order valence-corrected chi connectivity index (χ1v) is 5.59. The van der Waals surface area contributed by atoms with E-state index in [0.29, 0.717) is 12.2 Å². The van der Waals surface area contributed by atoms with Gasteiger partial charge in [-0.15, -0.1) is 0 Å². The van der Waals surface area contributed by atoms with Crippen LogP contribution in [0.1, 0.15) is 33.6 Å². The first-order valence-electron chi connectivity index (χ1n) is 5.59. The Morgan fingerprint density at radius 3 is 2.47 bits per heavy atom. The Bertz CT molecular complexity index is 358. The number of hydrogen-bond donors (Lipinski definition) is 0. The van der Waals surface area contributed by atoms with Crippen LogP contribution < -0.4 is 0 Å². The van der Waals surface area contributed by atoms with Gasteiger partial charge in [0.15, 0.2) is 0 Å². The molecule has 0 N–H and O–H groups in total. The van der Waals surface area contributed by atoms with Gasteiger partial charge in [0.25, 0.3) is 0 Å². The van der Waals surface area contributed by atoms with Crippen LogP contribution in [0.4, 0.5) is 0 Å². The van der Waals surface area contributed by atoms with Crippen LogP contribution >= 0.6 is 0 Å². The summed E-state index contributed by atoms with van der Waals surface area (Å²) in [7, 11) is 1.32. The third-order valence-electron chi connectivity index (χ3n) is 2.96. The van der Waals surface area contributed by atoms with Crippen molar-refractivity contribution in [2.45, 2.75) is 39.4 Å². The normalized spacial score (nSPS) is 23.9. The Labute approximate surface area is 101 Å². The van der Waals surface area contributed by atoms with E-state index < -0.39 is 5.79 Å². The van der Waals surface area contributed by atoms with Crippen molar-refractivity contribution >= 4 is 11.9 Å². The number of esters is 2. The van der Waals surface area contributed by atoms with Gasteiger partial charge >= 0.3 is 11.9 Å². The summed E-state index contributed by atoms with van der Waals surface area (Å²) in [5.74, 6) is -1.83. The molecule has 0 fully saturated rings. The van der Waals surface area contributed by atoms with Crippen LogP contribution in [0.3, 0.4) is 0 Å². The summed E-state index contributed by atoms with van der Waals surface area (Å²) in [6.07, 6.45) is 0.427. The Kier molecular flexibility index (Phi) is 4.28. The Morgan fingerprint density at radius 1 is 1.41 bits per heavy atom. The quantitative estimate of drug-likeness (QED) is 0.685. The second-order valence-corrected chi connectivity index (χ2v) is 3.90. The van der Waals surface area contributed by atoms with E-state index >= 15 is 0 Å². The third-order valence-corrected chi connectivity index (χ3v) is 2.96. The summed E-state index contributed by atoms with van der Waals surface area (Å²) < 4.78 is 15.4. The van der Waals surface area contributed by atoms with Crippen molar-refractivity contribution in [2.75, 3.05) is 13.7 Å². The summed E-state index contributed by atoms with van der Waals surface area (Å²) in [5, 5.41) is 0. The smallest absolute Gasteiger partial charge is 0.336 e. The average Bonchev–Trinajstić information content (AvgIpc) is 2.52. The largest absolute Gasteiger partial charge is 0.469 e. The fraction of sp³-hybridized carbons (Fsp3) is 0.667. The van der Waals surface area contributed by atoms with Crippen LogP contribution in [0, 0.1) is 0 Å². The molecule has 1 aliphatic rings. The molecule has 1 rings (SSSR count). The van der Waals surface area contributed by atoms with Gasteiger partial charge in [0.05, 0.1) is 13.5 Å². The fourth-order valence-electron chi connectivity index (χ4n) is 1.79. The lowest BCUT2D eigenvalue weighted by Crippen LogP contribution is -2.35. The van der Waals surface area contributed by atoms with E-state index in [2.05, 4.69) is 4.74 Å². The summed E-state index contributed by atoms with van der Waals surface area (Å²) in [5.41, 5.74) is 1.27. The molecule has 96 valence electrons. The SMILES string of the molecule is CCOC1(CCC(=O)OC)OC(=O)C(C)=C1C. The molecule has 0 aromatic heterocycles. The molecule has 0 aromatic rings. The van der Waals surface area contributed by atoms with Gasteiger partial charge in [0, 0.05) is 24.2 Å². The zero-order valence-electron chi connectivity index (χ0n) is 10.7. The minimum absolute atomic E-state index is 0.147. The second kappa shape index (κ2) is 5.31. The highest BCUT2D eigenvalue weighted by Crippen LogP contribution is 2.37. The first-order chi connectivity index (χ1) is 7.96. The van der Waals surface area contributed by atoms with Crippen molar-refractivity contribution in [3.63, 3.8) is 0 Å². The molecule has 1 atom stereocenters. The highest BCUT2D eigenvalue weighted by atomic mass is 16.7. The number of methoxy groups -OCH3 is 1. The van der Waals surface area contributed by atoms with Crippen LogP contribution in [0.5, 0.6) is 0 Å². The van der Waals surface area contributed by atoms with Crippen molar-refractivity contribution in [1.29, 1.82) is 0 Å². The van der Waals surface area contributed by atoms with E-state index in [1.807, 2.05) is 6.92 Å². The van der Waals surface area contributed by atoms with E-state index in [1.54, 1.807) is 13.8 Å². The lowest BCUT2D eigenvalue weighted by Gasteiger charge is -2.28. The molecule has 17 heavy (non-hydrogen) atoms. The maximum atomic E-state index is 11.5. The average molecular weight is 242 g/mol. The maximum Gasteiger partial charge on any atom is 0.336 e. The van der Waals surface area contributed by atoms with E-state index in [0.717, 1.165) is 5.57 Å². The molecule has 1 unspecified atom stereocenters. The topological polar surface area (TPSA) is 61.8 Å².